The van der Waals surface area contributed by atoms with Gasteiger partial charge in [0.15, 0.2) is 0 Å². The molecule has 0 radical (unpaired) electrons. The summed E-state index contributed by atoms with van der Waals surface area (Å²) in [6, 6.07) is 17.7. The summed E-state index contributed by atoms with van der Waals surface area (Å²) in [5.74, 6) is 0. The van der Waals surface area contributed by atoms with Crippen LogP contribution >= 0.6 is 22.7 Å². The maximum Gasteiger partial charge on any atom is -0.00147 e. The van der Waals surface area contributed by atoms with Crippen molar-refractivity contribution in [1.82, 2.24) is 0 Å². The minimum Gasteiger partial charge on any atom is -0.152 e. The lowest BCUT2D eigenvalue weighted by atomic mass is 10.00. The van der Waals surface area contributed by atoms with Gasteiger partial charge in [-0.1, -0.05) is 24.3 Å². The molecule has 0 amide bonds. The number of thiophene rings is 2. The molecule has 0 spiro atoms. The van der Waals surface area contributed by atoms with Crippen LogP contribution < -0.4 is 0 Å². The third-order valence-corrected chi connectivity index (χ3v) is 4.92. The van der Waals surface area contributed by atoms with E-state index in [2.05, 4.69) is 70.1 Å². The molecule has 0 fully saturated rings. The highest BCUT2D eigenvalue weighted by Crippen LogP contribution is 2.30. The number of fused-ring (bicyclic) bond motifs is 1. The molecule has 0 atom stereocenters. The highest BCUT2D eigenvalue weighted by Gasteiger charge is 2.03. The predicted molar refractivity (Wildman–Crippen MR) is 90.6 cm³/mol. The van der Waals surface area contributed by atoms with Gasteiger partial charge in [-0.3, -0.25) is 0 Å². The zero-order valence-corrected chi connectivity index (χ0v) is 12.4. The fourth-order valence-electron chi connectivity index (χ4n) is 2.46. The fraction of sp³-hybridized carbons (Fsp3) is 0. The van der Waals surface area contributed by atoms with E-state index in [0.717, 1.165) is 0 Å². The maximum absolute atomic E-state index is 2.28. The Morgan fingerprint density at radius 3 is 1.50 bits per heavy atom. The highest BCUT2D eigenvalue weighted by atomic mass is 32.1. The van der Waals surface area contributed by atoms with Gasteiger partial charge in [0, 0.05) is 0 Å². The zero-order chi connectivity index (χ0) is 13.4. The summed E-state index contributed by atoms with van der Waals surface area (Å²) in [7, 11) is 0. The molecule has 2 heteroatoms. The first-order valence-electron chi connectivity index (χ1n) is 6.49. The van der Waals surface area contributed by atoms with E-state index in [-0.39, 0.29) is 0 Å². The quantitative estimate of drug-likeness (QED) is 0.407. The molecular weight excluding hydrogens is 280 g/mol. The van der Waals surface area contributed by atoms with E-state index in [1.807, 2.05) is 0 Å². The lowest BCUT2D eigenvalue weighted by Crippen LogP contribution is -1.79. The summed E-state index contributed by atoms with van der Waals surface area (Å²) in [6.07, 6.45) is 0. The molecule has 2 heterocycles. The van der Waals surface area contributed by atoms with Crippen LogP contribution in [0.5, 0.6) is 0 Å². The largest absolute Gasteiger partial charge is 0.152 e. The van der Waals surface area contributed by atoms with Gasteiger partial charge in [-0.25, -0.2) is 0 Å². The Balaban J connectivity index is 1.88. The number of hydrogen-bond acceptors (Lipinski definition) is 2. The summed E-state index contributed by atoms with van der Waals surface area (Å²) in [6.45, 7) is 0. The normalized spacial score (nSPS) is 11.0. The van der Waals surface area contributed by atoms with E-state index in [4.69, 9.17) is 0 Å². The first kappa shape index (κ1) is 11.9. The molecule has 0 N–H and O–H groups in total. The van der Waals surface area contributed by atoms with Crippen molar-refractivity contribution in [1.29, 1.82) is 0 Å². The van der Waals surface area contributed by atoms with E-state index in [1.165, 1.54) is 33.0 Å². The lowest BCUT2D eigenvalue weighted by Gasteiger charge is -2.05. The van der Waals surface area contributed by atoms with Gasteiger partial charge in [-0.2, -0.15) is 22.7 Å². The molecule has 0 saturated carbocycles. The topological polar surface area (TPSA) is 0 Å². The third-order valence-electron chi connectivity index (χ3n) is 3.55. The molecule has 4 aromatic rings. The first-order chi connectivity index (χ1) is 9.90. The van der Waals surface area contributed by atoms with E-state index >= 15 is 0 Å². The molecule has 4 rings (SSSR count). The van der Waals surface area contributed by atoms with Crippen molar-refractivity contribution < 1.29 is 0 Å². The van der Waals surface area contributed by atoms with Crippen molar-refractivity contribution in [3.8, 4) is 22.3 Å². The fourth-order valence-corrected chi connectivity index (χ4v) is 3.79. The smallest absolute Gasteiger partial charge is 0.00147 e. The average Bonchev–Trinajstić information content (AvgIpc) is 3.19. The van der Waals surface area contributed by atoms with Crippen LogP contribution in [0, 0.1) is 0 Å². The van der Waals surface area contributed by atoms with Crippen LogP contribution in [0.15, 0.2) is 70.1 Å². The molecule has 20 heavy (non-hydrogen) atoms. The van der Waals surface area contributed by atoms with Crippen LogP contribution in [0.25, 0.3) is 33.0 Å². The first-order valence-corrected chi connectivity index (χ1v) is 8.38. The van der Waals surface area contributed by atoms with Crippen LogP contribution in [0.3, 0.4) is 0 Å². The zero-order valence-electron chi connectivity index (χ0n) is 10.7. The van der Waals surface area contributed by atoms with Gasteiger partial charge in [0.25, 0.3) is 0 Å². The van der Waals surface area contributed by atoms with Crippen LogP contribution in [0.4, 0.5) is 0 Å². The molecule has 0 saturated heterocycles. The average molecular weight is 292 g/mol. The Labute approximate surface area is 126 Å². The summed E-state index contributed by atoms with van der Waals surface area (Å²) in [4.78, 5) is 0. The maximum atomic E-state index is 2.28. The number of rotatable bonds is 2. The summed E-state index contributed by atoms with van der Waals surface area (Å²) in [5.41, 5.74) is 5.19. The Bertz CT molecular complexity index is 771. The molecule has 0 aliphatic rings. The molecule has 0 aliphatic carbocycles. The minimum absolute atomic E-state index is 1.29. The molecular formula is C18H12S2. The number of hydrogen-bond donors (Lipinski definition) is 0. The van der Waals surface area contributed by atoms with Crippen molar-refractivity contribution in [3.63, 3.8) is 0 Å². The van der Waals surface area contributed by atoms with Crippen molar-refractivity contribution in [2.24, 2.45) is 0 Å². The van der Waals surface area contributed by atoms with Crippen LogP contribution in [-0.4, -0.2) is 0 Å². The lowest BCUT2D eigenvalue weighted by molar-refractivity contribution is 1.69. The van der Waals surface area contributed by atoms with E-state index in [1.54, 1.807) is 22.7 Å². The van der Waals surface area contributed by atoms with Gasteiger partial charge in [0.2, 0.25) is 0 Å². The van der Waals surface area contributed by atoms with Crippen LogP contribution in [0.1, 0.15) is 0 Å². The molecule has 96 valence electrons. The van der Waals surface area contributed by atoms with E-state index in [9.17, 15) is 0 Å². The van der Waals surface area contributed by atoms with Crippen LogP contribution in [0.2, 0.25) is 0 Å². The summed E-state index contributed by atoms with van der Waals surface area (Å²) < 4.78 is 0. The Hall–Kier alpha value is -1.90. The second-order valence-electron chi connectivity index (χ2n) is 4.80. The van der Waals surface area contributed by atoms with Crippen molar-refractivity contribution in [3.05, 3.63) is 70.1 Å². The summed E-state index contributed by atoms with van der Waals surface area (Å²) >= 11 is 3.48. The molecule has 0 bridgehead atoms. The van der Waals surface area contributed by atoms with Crippen molar-refractivity contribution >= 4 is 33.4 Å². The SMILES string of the molecule is c1cc(-c2ccc3ccc(-c4ccsc4)cc3c2)cs1. The Kier molecular flexibility index (Phi) is 2.91. The number of benzene rings is 2. The third kappa shape index (κ3) is 2.07. The monoisotopic (exact) mass is 292 g/mol. The van der Waals surface area contributed by atoms with Gasteiger partial charge in [-0.05, 0) is 78.8 Å². The van der Waals surface area contributed by atoms with Gasteiger partial charge in [0.1, 0.15) is 0 Å². The van der Waals surface area contributed by atoms with Gasteiger partial charge >= 0.3 is 0 Å². The van der Waals surface area contributed by atoms with Gasteiger partial charge < -0.3 is 0 Å². The standard InChI is InChI=1S/C18H12S2/c1-3-14(16-5-7-19-11-16)9-18-10-15(4-2-13(1)18)17-6-8-20-12-17/h1-12H. The Morgan fingerprint density at radius 1 is 0.500 bits per heavy atom. The predicted octanol–water partition coefficient (Wildman–Crippen LogP) is 6.30. The molecule has 0 unspecified atom stereocenters. The van der Waals surface area contributed by atoms with Crippen LogP contribution in [-0.2, 0) is 0 Å². The van der Waals surface area contributed by atoms with Gasteiger partial charge in [0.05, 0.1) is 0 Å². The van der Waals surface area contributed by atoms with E-state index in [0.29, 0.717) is 0 Å². The van der Waals surface area contributed by atoms with Crippen molar-refractivity contribution in [2.45, 2.75) is 0 Å². The highest BCUT2D eigenvalue weighted by molar-refractivity contribution is 7.08. The molecule has 0 aliphatic heterocycles. The molecule has 0 nitrogen and oxygen atoms in total. The molecule has 2 aromatic heterocycles. The second-order valence-corrected chi connectivity index (χ2v) is 6.36. The van der Waals surface area contributed by atoms with E-state index < -0.39 is 0 Å². The minimum atomic E-state index is 1.29. The van der Waals surface area contributed by atoms with Crippen molar-refractivity contribution in [2.75, 3.05) is 0 Å². The second kappa shape index (κ2) is 4.89. The van der Waals surface area contributed by atoms with Gasteiger partial charge in [-0.15, -0.1) is 0 Å². The molecule has 2 aromatic carbocycles. The Morgan fingerprint density at radius 2 is 1.05 bits per heavy atom. The summed E-state index contributed by atoms with van der Waals surface area (Å²) in [5, 5.41) is 11.2.